The van der Waals surface area contributed by atoms with Crippen molar-refractivity contribution in [3.05, 3.63) is 0 Å². The lowest BCUT2D eigenvalue weighted by Gasteiger charge is -2.62. The van der Waals surface area contributed by atoms with Crippen molar-refractivity contribution in [2.24, 2.45) is 11.8 Å². The Kier molecular flexibility index (Phi) is 1.66. The zero-order valence-corrected chi connectivity index (χ0v) is 9.29. The number of nitrogens with zero attached hydrogens (tertiary/aromatic N) is 1. The van der Waals surface area contributed by atoms with E-state index in [4.69, 9.17) is 0 Å². The van der Waals surface area contributed by atoms with Crippen LogP contribution in [0.4, 0.5) is 0 Å². The van der Waals surface area contributed by atoms with Gasteiger partial charge in [-0.15, -0.1) is 0 Å². The third kappa shape index (κ3) is 1.10. The Morgan fingerprint density at radius 3 is 2.07 bits per heavy atom. The fourth-order valence-corrected chi connectivity index (χ4v) is 4.69. The lowest BCUT2D eigenvalue weighted by atomic mass is 9.51. The minimum absolute atomic E-state index is 0.297. The largest absolute Gasteiger partial charge is 0.390 e. The van der Waals surface area contributed by atoms with Crippen LogP contribution in [0.1, 0.15) is 38.5 Å². The highest BCUT2D eigenvalue weighted by Gasteiger charge is 2.57. The lowest BCUT2D eigenvalue weighted by Crippen LogP contribution is -2.63. The van der Waals surface area contributed by atoms with E-state index < -0.39 is 0 Å². The minimum atomic E-state index is -0.297. The predicted octanol–water partition coefficient (Wildman–Crippen LogP) is 1.63. The Labute approximate surface area is 86.3 Å². The first-order valence-electron chi connectivity index (χ1n) is 5.91. The van der Waals surface area contributed by atoms with Gasteiger partial charge in [0.05, 0.1) is 5.60 Å². The third-order valence-electron chi connectivity index (χ3n) is 4.95. The Balaban J connectivity index is 1.96. The molecule has 4 saturated carbocycles. The summed E-state index contributed by atoms with van der Waals surface area (Å²) in [7, 11) is 4.38. The van der Waals surface area contributed by atoms with Crippen LogP contribution in [0.5, 0.6) is 0 Å². The zero-order chi connectivity index (χ0) is 9.97. The van der Waals surface area contributed by atoms with Crippen molar-refractivity contribution in [2.45, 2.75) is 49.7 Å². The first kappa shape index (κ1) is 9.17. The highest BCUT2D eigenvalue weighted by Crippen LogP contribution is 2.58. The summed E-state index contributed by atoms with van der Waals surface area (Å²) in [6.45, 7) is 0. The van der Waals surface area contributed by atoms with Crippen LogP contribution in [-0.2, 0) is 0 Å². The van der Waals surface area contributed by atoms with Crippen molar-refractivity contribution in [1.82, 2.24) is 4.90 Å². The maximum absolute atomic E-state index is 10.5. The fraction of sp³-hybridized carbons (Fsp3) is 1.00. The van der Waals surface area contributed by atoms with Crippen LogP contribution in [0.2, 0.25) is 0 Å². The summed E-state index contributed by atoms with van der Waals surface area (Å²) in [4.78, 5) is 2.38. The van der Waals surface area contributed by atoms with E-state index in [1.165, 1.54) is 19.3 Å². The van der Waals surface area contributed by atoms with Gasteiger partial charge in [-0.05, 0) is 64.5 Å². The van der Waals surface area contributed by atoms with E-state index in [2.05, 4.69) is 19.0 Å². The highest BCUT2D eigenvalue weighted by molar-refractivity contribution is 5.12. The average molecular weight is 195 g/mol. The summed E-state index contributed by atoms with van der Waals surface area (Å²) in [6.07, 6.45) is 7.24. The average Bonchev–Trinajstić information content (AvgIpc) is 1.98. The van der Waals surface area contributed by atoms with Gasteiger partial charge in [0.15, 0.2) is 0 Å². The molecule has 0 saturated heterocycles. The van der Waals surface area contributed by atoms with Crippen molar-refractivity contribution < 1.29 is 5.11 Å². The van der Waals surface area contributed by atoms with Crippen molar-refractivity contribution in [2.75, 3.05) is 14.1 Å². The van der Waals surface area contributed by atoms with E-state index in [0.717, 1.165) is 31.1 Å². The topological polar surface area (TPSA) is 23.5 Å². The van der Waals surface area contributed by atoms with Crippen LogP contribution in [0.3, 0.4) is 0 Å². The number of aliphatic hydroxyl groups is 1. The van der Waals surface area contributed by atoms with Crippen LogP contribution in [-0.4, -0.2) is 35.2 Å². The minimum Gasteiger partial charge on any atom is -0.390 e. The van der Waals surface area contributed by atoms with Gasteiger partial charge in [-0.25, -0.2) is 0 Å². The molecule has 4 fully saturated rings. The Bertz CT molecular complexity index is 247. The smallest absolute Gasteiger partial charge is 0.0670 e. The Morgan fingerprint density at radius 1 is 1.07 bits per heavy atom. The van der Waals surface area contributed by atoms with Gasteiger partial charge in [0.1, 0.15) is 0 Å². The van der Waals surface area contributed by atoms with E-state index in [9.17, 15) is 5.11 Å². The number of hydrogen-bond donors (Lipinski definition) is 1. The van der Waals surface area contributed by atoms with Gasteiger partial charge < -0.3 is 10.0 Å². The first-order valence-corrected chi connectivity index (χ1v) is 5.91. The quantitative estimate of drug-likeness (QED) is 0.687. The molecule has 2 atom stereocenters. The molecule has 0 aromatic heterocycles. The molecule has 0 aliphatic heterocycles. The second-order valence-corrected chi connectivity index (χ2v) is 6.30. The Morgan fingerprint density at radius 2 is 1.64 bits per heavy atom. The second-order valence-electron chi connectivity index (χ2n) is 6.30. The zero-order valence-electron chi connectivity index (χ0n) is 9.29. The van der Waals surface area contributed by atoms with E-state index >= 15 is 0 Å². The van der Waals surface area contributed by atoms with Crippen LogP contribution in [0.15, 0.2) is 0 Å². The van der Waals surface area contributed by atoms with Crippen molar-refractivity contribution in [3.63, 3.8) is 0 Å². The molecule has 0 spiro atoms. The normalized spacial score (nSPS) is 55.7. The van der Waals surface area contributed by atoms with Crippen LogP contribution in [0.25, 0.3) is 0 Å². The number of rotatable bonds is 1. The maximum Gasteiger partial charge on any atom is 0.0670 e. The van der Waals surface area contributed by atoms with Gasteiger partial charge >= 0.3 is 0 Å². The Hall–Kier alpha value is -0.0800. The molecule has 4 bridgehead atoms. The molecule has 2 nitrogen and oxygen atoms in total. The van der Waals surface area contributed by atoms with Crippen molar-refractivity contribution >= 4 is 0 Å². The molecule has 0 amide bonds. The molecule has 0 unspecified atom stereocenters. The molecule has 4 aliphatic rings. The van der Waals surface area contributed by atoms with Gasteiger partial charge in [-0.3, -0.25) is 0 Å². The van der Waals surface area contributed by atoms with Gasteiger partial charge in [-0.1, -0.05) is 0 Å². The van der Waals surface area contributed by atoms with Crippen molar-refractivity contribution in [1.29, 1.82) is 0 Å². The van der Waals surface area contributed by atoms with Crippen LogP contribution < -0.4 is 0 Å². The van der Waals surface area contributed by atoms with Crippen LogP contribution in [0, 0.1) is 11.8 Å². The van der Waals surface area contributed by atoms with Gasteiger partial charge in [0.2, 0.25) is 0 Å². The van der Waals surface area contributed by atoms with Crippen molar-refractivity contribution in [3.8, 4) is 0 Å². The standard InChI is InChI=1S/C12H21NO/c1-13(2)11-4-9-3-10(5-11)7-12(14,6-9)8-11/h9-10,14H,3-8H2,1-2H3/t9-,10-,11?,12?/m1/s1. The molecule has 0 aromatic rings. The van der Waals surface area contributed by atoms with Gasteiger partial charge in [-0.2, -0.15) is 0 Å². The molecule has 14 heavy (non-hydrogen) atoms. The van der Waals surface area contributed by atoms with E-state index in [1.807, 2.05) is 0 Å². The molecule has 0 aromatic carbocycles. The molecular weight excluding hydrogens is 174 g/mol. The lowest BCUT2D eigenvalue weighted by molar-refractivity contribution is -0.167. The molecule has 2 heteroatoms. The third-order valence-corrected chi connectivity index (χ3v) is 4.95. The molecular formula is C12H21NO. The molecule has 4 rings (SSSR count). The summed E-state index contributed by atoms with van der Waals surface area (Å²) in [6, 6.07) is 0. The van der Waals surface area contributed by atoms with E-state index in [-0.39, 0.29) is 5.60 Å². The second kappa shape index (κ2) is 2.53. The fourth-order valence-electron chi connectivity index (χ4n) is 4.69. The van der Waals surface area contributed by atoms with E-state index in [0.29, 0.717) is 5.54 Å². The highest BCUT2D eigenvalue weighted by atomic mass is 16.3. The van der Waals surface area contributed by atoms with Gasteiger partial charge in [0, 0.05) is 5.54 Å². The van der Waals surface area contributed by atoms with E-state index in [1.54, 1.807) is 0 Å². The summed E-state index contributed by atoms with van der Waals surface area (Å²) in [5.74, 6) is 1.62. The molecule has 0 radical (unpaired) electrons. The first-order chi connectivity index (χ1) is 6.51. The van der Waals surface area contributed by atoms with Gasteiger partial charge in [0.25, 0.3) is 0 Å². The summed E-state index contributed by atoms with van der Waals surface area (Å²) in [5, 5.41) is 10.5. The number of hydrogen-bond acceptors (Lipinski definition) is 2. The molecule has 0 heterocycles. The SMILES string of the molecule is CN(C)C12C[C@H]3C[C@@H](CC(O)(C3)C1)C2. The summed E-state index contributed by atoms with van der Waals surface area (Å²) < 4.78 is 0. The summed E-state index contributed by atoms with van der Waals surface area (Å²) in [5.41, 5.74) is 0.0488. The molecule has 80 valence electrons. The monoisotopic (exact) mass is 195 g/mol. The van der Waals surface area contributed by atoms with Crippen LogP contribution >= 0.6 is 0 Å². The molecule has 4 aliphatic carbocycles. The molecule has 1 N–H and O–H groups in total. The summed E-state index contributed by atoms with van der Waals surface area (Å²) >= 11 is 0. The maximum atomic E-state index is 10.5. The predicted molar refractivity (Wildman–Crippen MR) is 56.0 cm³/mol.